The van der Waals surface area contributed by atoms with E-state index in [2.05, 4.69) is 39.6 Å². The summed E-state index contributed by atoms with van der Waals surface area (Å²) in [5, 5.41) is 48.9. The van der Waals surface area contributed by atoms with E-state index in [0.717, 1.165) is 0 Å². The second-order valence-corrected chi connectivity index (χ2v) is 23.8. The number of benzene rings is 1. The van der Waals surface area contributed by atoms with Crippen molar-refractivity contribution in [2.24, 2.45) is 0 Å². The third-order valence-corrected chi connectivity index (χ3v) is 14.3. The number of aliphatic hydroxyl groups excluding tert-OH is 1. The van der Waals surface area contributed by atoms with E-state index < -0.39 is 81.8 Å². The summed E-state index contributed by atoms with van der Waals surface area (Å²) < 4.78 is 25.0. The van der Waals surface area contributed by atoms with Gasteiger partial charge in [-0.15, -0.1) is 0 Å². The summed E-state index contributed by atoms with van der Waals surface area (Å²) in [5.74, 6) is -2.62. The fourth-order valence-corrected chi connectivity index (χ4v) is 11.4. The minimum atomic E-state index is -1.73. The molecule has 0 radical (unpaired) electrons. The molecular weight excluding hydrogens is 797 g/mol. The average Bonchev–Trinajstić information content (AvgIpc) is 3.09. The van der Waals surface area contributed by atoms with Crippen molar-refractivity contribution >= 4 is 17.9 Å². The van der Waals surface area contributed by atoms with Crippen LogP contribution in [0.25, 0.3) is 0 Å². The maximum absolute atomic E-state index is 14.6. The summed E-state index contributed by atoms with van der Waals surface area (Å²) >= 11 is 0. The first-order chi connectivity index (χ1) is 27.9. The molecule has 62 heavy (non-hydrogen) atoms. The molecule has 4 fully saturated rings. The number of piperidine rings is 4. The minimum absolute atomic E-state index is 0.0761. The molecule has 0 aromatic heterocycles. The second-order valence-electron chi connectivity index (χ2n) is 23.8. The van der Waals surface area contributed by atoms with Crippen LogP contribution in [0.1, 0.15) is 205 Å². The molecule has 5 rings (SSSR count). The van der Waals surface area contributed by atoms with Crippen LogP contribution in [0.2, 0.25) is 0 Å². The highest BCUT2D eigenvalue weighted by Gasteiger charge is 2.50. The van der Waals surface area contributed by atoms with Gasteiger partial charge in [-0.2, -0.15) is 15.2 Å². The molecule has 15 nitrogen and oxygen atoms in total. The summed E-state index contributed by atoms with van der Waals surface area (Å²) in [6, 6.07) is 2.53. The summed E-state index contributed by atoms with van der Waals surface area (Å²) in [6.07, 6.45) is -1.37. The largest absolute Gasteiger partial charge is 0.459 e. The Hall–Kier alpha value is -2.73. The zero-order valence-corrected chi connectivity index (χ0v) is 40.6. The molecule has 0 spiro atoms. The molecule has 0 aliphatic carbocycles. The first-order valence-corrected chi connectivity index (χ1v) is 22.3. The van der Waals surface area contributed by atoms with Crippen LogP contribution in [0.3, 0.4) is 0 Å². The lowest BCUT2D eigenvalue weighted by molar-refractivity contribution is -0.257. The Balaban J connectivity index is 1.62. The van der Waals surface area contributed by atoms with Crippen molar-refractivity contribution in [1.82, 2.24) is 20.1 Å². The van der Waals surface area contributed by atoms with Gasteiger partial charge in [-0.25, -0.2) is 14.4 Å². The van der Waals surface area contributed by atoms with Crippen LogP contribution in [0.4, 0.5) is 0 Å². The molecule has 1 atom stereocenters. The molecule has 0 bridgehead atoms. The lowest BCUT2D eigenvalue weighted by Gasteiger charge is -2.53. The van der Waals surface area contributed by atoms with Gasteiger partial charge in [-0.1, -0.05) is 0 Å². The Morgan fingerprint density at radius 2 is 0.726 bits per heavy atom. The predicted octanol–water partition coefficient (Wildman–Crippen LogP) is 8.05. The van der Waals surface area contributed by atoms with E-state index >= 15 is 0 Å². The average molecular weight is 875 g/mol. The Kier molecular flexibility index (Phi) is 13.5. The number of hydrogen-bond donors (Lipinski definition) is 4. The van der Waals surface area contributed by atoms with Crippen molar-refractivity contribution in [1.29, 1.82) is 0 Å². The standard InChI is InChI=1S/C47H78N4O11/c1-40(2)20-28(21-41(3,4)48(40)17)59-36(52)32-18-34(38(54)61-30-24-44(9,10)50(57)45(11,12)25-30)35(39(55)62-31-26-46(13,14)51(58)47(15,16)27-31)19-33(32)37(53)60-29-22-42(5,6)49(56)43(7,8)23-29/h18-19,28-31,36,52,56-58H,20-27H2,1-17H3. The lowest BCUT2D eigenvalue weighted by Crippen LogP contribution is -2.60. The molecule has 4 aliphatic rings. The van der Waals surface area contributed by atoms with Crippen LogP contribution in [-0.4, -0.2) is 135 Å². The van der Waals surface area contributed by atoms with Gasteiger partial charge in [0.15, 0.2) is 6.29 Å². The molecular formula is C47H78N4O11. The van der Waals surface area contributed by atoms with Crippen molar-refractivity contribution in [3.05, 3.63) is 34.4 Å². The highest BCUT2D eigenvalue weighted by atomic mass is 16.6. The highest BCUT2D eigenvalue weighted by Crippen LogP contribution is 2.43. The maximum atomic E-state index is 14.6. The SMILES string of the molecule is CN1C(C)(C)CC(OC(O)c2cc(C(=O)OC3CC(C)(C)N(O)C(C)(C)C3)c(C(=O)OC3CC(C)(C)N(O)C(C)(C)C3)cc2C(=O)OC2CC(C)(C)N(O)C(C)(C)C2)CC1(C)C. The Morgan fingerprint density at radius 1 is 0.468 bits per heavy atom. The maximum Gasteiger partial charge on any atom is 0.339 e. The molecule has 0 amide bonds. The van der Waals surface area contributed by atoms with Gasteiger partial charge in [-0.3, -0.25) is 4.90 Å². The molecule has 4 saturated heterocycles. The number of carbonyl (C=O) groups is 3. The van der Waals surface area contributed by atoms with E-state index in [9.17, 15) is 35.1 Å². The van der Waals surface area contributed by atoms with Gasteiger partial charge in [0.25, 0.3) is 0 Å². The number of likely N-dealkylation sites (tertiary alicyclic amines) is 1. The predicted molar refractivity (Wildman–Crippen MR) is 232 cm³/mol. The minimum Gasteiger partial charge on any atom is -0.459 e. The zero-order chi connectivity index (χ0) is 47.1. The Morgan fingerprint density at radius 3 is 1.03 bits per heavy atom. The summed E-state index contributed by atoms with van der Waals surface area (Å²) in [7, 11) is 2.06. The fraction of sp³-hybridized carbons (Fsp3) is 0.809. The number of ether oxygens (including phenoxy) is 4. The number of nitrogens with zero attached hydrogens (tertiary/aromatic N) is 4. The van der Waals surface area contributed by atoms with Gasteiger partial charge in [0, 0.05) is 88.4 Å². The van der Waals surface area contributed by atoms with E-state index in [1.54, 1.807) is 0 Å². The molecule has 4 aliphatic heterocycles. The van der Waals surface area contributed by atoms with Gasteiger partial charge >= 0.3 is 17.9 Å². The molecule has 352 valence electrons. The lowest BCUT2D eigenvalue weighted by atomic mass is 9.78. The van der Waals surface area contributed by atoms with Gasteiger partial charge in [-0.05, 0) is 143 Å². The van der Waals surface area contributed by atoms with Gasteiger partial charge in [0.1, 0.15) is 18.3 Å². The van der Waals surface area contributed by atoms with Gasteiger partial charge in [0.05, 0.1) is 22.8 Å². The molecule has 15 heteroatoms. The first-order valence-electron chi connectivity index (χ1n) is 22.3. The molecule has 1 aromatic carbocycles. The van der Waals surface area contributed by atoms with Crippen LogP contribution in [-0.2, 0) is 18.9 Å². The third kappa shape index (κ3) is 10.2. The van der Waals surface area contributed by atoms with Crippen molar-refractivity contribution in [2.45, 2.75) is 237 Å². The van der Waals surface area contributed by atoms with Gasteiger partial charge in [0.2, 0.25) is 0 Å². The molecule has 0 saturated carbocycles. The quantitative estimate of drug-likeness (QED) is 0.106. The monoisotopic (exact) mass is 875 g/mol. The van der Waals surface area contributed by atoms with E-state index in [1.807, 2.05) is 83.1 Å². The van der Waals surface area contributed by atoms with E-state index in [4.69, 9.17) is 18.9 Å². The fourth-order valence-electron chi connectivity index (χ4n) is 11.4. The number of esters is 3. The summed E-state index contributed by atoms with van der Waals surface area (Å²) in [5.41, 5.74) is -5.93. The zero-order valence-electron chi connectivity index (χ0n) is 40.6. The van der Waals surface area contributed by atoms with Crippen LogP contribution < -0.4 is 0 Å². The van der Waals surface area contributed by atoms with Crippen molar-refractivity contribution < 1.29 is 54.1 Å². The smallest absolute Gasteiger partial charge is 0.339 e. The number of rotatable bonds is 9. The van der Waals surface area contributed by atoms with Crippen LogP contribution in [0, 0.1) is 0 Å². The summed E-state index contributed by atoms with van der Waals surface area (Å²) in [4.78, 5) is 46.1. The van der Waals surface area contributed by atoms with E-state index in [-0.39, 0.29) is 59.0 Å². The van der Waals surface area contributed by atoms with Crippen molar-refractivity contribution in [3.63, 3.8) is 0 Å². The Labute approximate surface area is 369 Å². The first kappa shape index (κ1) is 50.3. The highest BCUT2D eigenvalue weighted by molar-refractivity contribution is 6.06. The topological polar surface area (TPSA) is 182 Å². The third-order valence-electron chi connectivity index (χ3n) is 14.3. The van der Waals surface area contributed by atoms with E-state index in [0.29, 0.717) is 25.7 Å². The van der Waals surface area contributed by atoms with E-state index in [1.165, 1.54) is 27.3 Å². The van der Waals surface area contributed by atoms with Crippen LogP contribution >= 0.6 is 0 Å². The normalized spacial score (nSPS) is 27.3. The molecule has 1 aromatic rings. The van der Waals surface area contributed by atoms with Crippen LogP contribution in [0.15, 0.2) is 12.1 Å². The van der Waals surface area contributed by atoms with Crippen molar-refractivity contribution in [3.8, 4) is 0 Å². The molecule has 1 unspecified atom stereocenters. The molecule has 4 heterocycles. The number of hydrogen-bond acceptors (Lipinski definition) is 15. The Bertz CT molecular complexity index is 1800. The number of carbonyl (C=O) groups excluding carboxylic acids is 3. The number of hydroxylamine groups is 6. The van der Waals surface area contributed by atoms with Crippen LogP contribution in [0.5, 0.6) is 0 Å². The second kappa shape index (κ2) is 16.6. The van der Waals surface area contributed by atoms with Gasteiger partial charge < -0.3 is 39.7 Å². The molecule has 4 N–H and O–H groups in total. The van der Waals surface area contributed by atoms with Crippen molar-refractivity contribution in [2.75, 3.05) is 7.05 Å². The summed E-state index contributed by atoms with van der Waals surface area (Å²) in [6.45, 7) is 30.6. The number of aliphatic hydroxyl groups is 1.